The summed E-state index contributed by atoms with van der Waals surface area (Å²) in [7, 11) is 0. The fourth-order valence-corrected chi connectivity index (χ4v) is 4.10. The van der Waals surface area contributed by atoms with Gasteiger partial charge in [0.1, 0.15) is 5.71 Å². The van der Waals surface area contributed by atoms with Gasteiger partial charge in [0.2, 0.25) is 5.91 Å². The molecule has 0 radical (unpaired) electrons. The molecule has 7 nitrogen and oxygen atoms in total. The lowest BCUT2D eigenvalue weighted by Gasteiger charge is -2.38. The van der Waals surface area contributed by atoms with Crippen molar-refractivity contribution in [2.75, 3.05) is 24.8 Å². The van der Waals surface area contributed by atoms with Gasteiger partial charge in [-0.3, -0.25) is 9.59 Å². The molecule has 0 saturated carbocycles. The van der Waals surface area contributed by atoms with E-state index >= 15 is 0 Å². The molecule has 4 rings (SSSR count). The number of anilines is 1. The molecule has 1 aromatic carbocycles. The largest absolute Gasteiger partial charge is 0.348 e. The van der Waals surface area contributed by atoms with Crippen LogP contribution in [0.1, 0.15) is 43.2 Å². The summed E-state index contributed by atoms with van der Waals surface area (Å²) in [5, 5.41) is 5.90. The van der Waals surface area contributed by atoms with Gasteiger partial charge in [0.05, 0.1) is 24.9 Å². The maximum Gasteiger partial charge on any atom is 0.270 e. The molecule has 0 aromatic heterocycles. The molecule has 0 N–H and O–H groups in total. The number of aryl methyl sites for hydroxylation is 2. The third-order valence-corrected chi connectivity index (χ3v) is 5.64. The van der Waals surface area contributed by atoms with Crippen LogP contribution in [0, 0.1) is 13.8 Å². The van der Waals surface area contributed by atoms with Crippen molar-refractivity contribution < 1.29 is 19.1 Å². The molecule has 28 heavy (non-hydrogen) atoms. The number of hydrogen-bond acceptors (Lipinski definition) is 5. The number of carbonyl (C=O) groups is 2. The summed E-state index contributed by atoms with van der Waals surface area (Å²) in [6.45, 7) is 5.73. The summed E-state index contributed by atoms with van der Waals surface area (Å²) < 4.78 is 11.4. The summed E-state index contributed by atoms with van der Waals surface area (Å²) >= 11 is 0. The Morgan fingerprint density at radius 1 is 1.14 bits per heavy atom. The van der Waals surface area contributed by atoms with E-state index in [4.69, 9.17) is 9.47 Å². The lowest BCUT2D eigenvalue weighted by Crippen LogP contribution is -2.53. The number of benzene rings is 1. The van der Waals surface area contributed by atoms with Crippen LogP contribution in [0.25, 0.3) is 0 Å². The SMILES string of the molecule is Cc1ccc(C)c(N2N=C(C(=O)N3CCCCC3C3OCCO3)CCC2=O)c1. The van der Waals surface area contributed by atoms with Gasteiger partial charge in [-0.2, -0.15) is 5.10 Å². The Kier molecular flexibility index (Phi) is 5.46. The number of likely N-dealkylation sites (tertiary alicyclic amines) is 1. The lowest BCUT2D eigenvalue weighted by molar-refractivity contribution is -0.144. The minimum Gasteiger partial charge on any atom is -0.348 e. The molecule has 0 spiro atoms. The molecular formula is C21H27N3O4. The molecule has 150 valence electrons. The smallest absolute Gasteiger partial charge is 0.270 e. The highest BCUT2D eigenvalue weighted by molar-refractivity contribution is 6.40. The molecule has 3 aliphatic heterocycles. The third kappa shape index (κ3) is 3.69. The first-order valence-electron chi connectivity index (χ1n) is 10.1. The van der Waals surface area contributed by atoms with Crippen molar-refractivity contribution in [2.24, 2.45) is 5.10 Å². The molecule has 1 aromatic rings. The average molecular weight is 385 g/mol. The second-order valence-corrected chi connectivity index (χ2v) is 7.71. The van der Waals surface area contributed by atoms with Crippen molar-refractivity contribution in [2.45, 2.75) is 58.3 Å². The van der Waals surface area contributed by atoms with Crippen LogP contribution in [-0.4, -0.2) is 54.5 Å². The van der Waals surface area contributed by atoms with Crippen LogP contribution in [0.2, 0.25) is 0 Å². The molecule has 1 atom stereocenters. The molecule has 2 fully saturated rings. The third-order valence-electron chi connectivity index (χ3n) is 5.64. The van der Waals surface area contributed by atoms with E-state index in [0.717, 1.165) is 36.1 Å². The van der Waals surface area contributed by atoms with Gasteiger partial charge in [-0.15, -0.1) is 0 Å². The van der Waals surface area contributed by atoms with E-state index in [9.17, 15) is 9.59 Å². The van der Waals surface area contributed by atoms with Crippen molar-refractivity contribution in [3.63, 3.8) is 0 Å². The molecule has 1 unspecified atom stereocenters. The number of nitrogens with zero attached hydrogens (tertiary/aromatic N) is 3. The van der Waals surface area contributed by atoms with Crippen LogP contribution in [0.15, 0.2) is 23.3 Å². The Morgan fingerprint density at radius 2 is 1.93 bits per heavy atom. The number of hydrogen-bond donors (Lipinski definition) is 0. The van der Waals surface area contributed by atoms with Crippen LogP contribution in [0.4, 0.5) is 5.69 Å². The fourth-order valence-electron chi connectivity index (χ4n) is 4.10. The van der Waals surface area contributed by atoms with Crippen LogP contribution in [-0.2, 0) is 19.1 Å². The topological polar surface area (TPSA) is 71.4 Å². The van der Waals surface area contributed by atoms with Gasteiger partial charge in [0.15, 0.2) is 6.29 Å². The van der Waals surface area contributed by atoms with E-state index in [0.29, 0.717) is 31.9 Å². The van der Waals surface area contributed by atoms with E-state index < -0.39 is 0 Å². The van der Waals surface area contributed by atoms with E-state index in [1.54, 1.807) is 0 Å². The first-order chi connectivity index (χ1) is 13.5. The van der Waals surface area contributed by atoms with Crippen LogP contribution < -0.4 is 5.01 Å². The van der Waals surface area contributed by atoms with Gasteiger partial charge in [-0.05, 0) is 50.3 Å². The lowest BCUT2D eigenvalue weighted by atomic mass is 9.99. The van der Waals surface area contributed by atoms with Crippen molar-refractivity contribution in [3.8, 4) is 0 Å². The summed E-state index contributed by atoms with van der Waals surface area (Å²) in [6, 6.07) is 5.83. The zero-order chi connectivity index (χ0) is 19.7. The second kappa shape index (κ2) is 8.01. The maximum absolute atomic E-state index is 13.3. The monoisotopic (exact) mass is 385 g/mol. The zero-order valence-electron chi connectivity index (χ0n) is 16.5. The summed E-state index contributed by atoms with van der Waals surface area (Å²) in [6.07, 6.45) is 3.18. The van der Waals surface area contributed by atoms with E-state index in [1.165, 1.54) is 5.01 Å². The summed E-state index contributed by atoms with van der Waals surface area (Å²) in [5.41, 5.74) is 3.19. The van der Waals surface area contributed by atoms with Gasteiger partial charge in [-0.1, -0.05) is 12.1 Å². The van der Waals surface area contributed by atoms with Gasteiger partial charge in [-0.25, -0.2) is 5.01 Å². The van der Waals surface area contributed by atoms with E-state index in [1.807, 2.05) is 36.9 Å². The van der Waals surface area contributed by atoms with Crippen LogP contribution in [0.3, 0.4) is 0 Å². The Balaban J connectivity index is 1.60. The highest BCUT2D eigenvalue weighted by Gasteiger charge is 2.38. The quantitative estimate of drug-likeness (QED) is 0.802. The van der Waals surface area contributed by atoms with Crippen LogP contribution >= 0.6 is 0 Å². The van der Waals surface area contributed by atoms with Crippen molar-refractivity contribution in [1.82, 2.24) is 4.90 Å². The molecule has 0 bridgehead atoms. The average Bonchev–Trinajstić information content (AvgIpc) is 3.24. The number of carbonyl (C=O) groups excluding carboxylic acids is 2. The van der Waals surface area contributed by atoms with Crippen molar-refractivity contribution in [3.05, 3.63) is 29.3 Å². The van der Waals surface area contributed by atoms with E-state index in [-0.39, 0.29) is 30.6 Å². The molecule has 3 aliphatic rings. The highest BCUT2D eigenvalue weighted by Crippen LogP contribution is 2.28. The van der Waals surface area contributed by atoms with Gasteiger partial charge in [0.25, 0.3) is 5.91 Å². The van der Waals surface area contributed by atoms with Crippen molar-refractivity contribution >= 4 is 23.2 Å². The van der Waals surface area contributed by atoms with Gasteiger partial charge in [0, 0.05) is 19.4 Å². The van der Waals surface area contributed by atoms with Crippen molar-refractivity contribution in [1.29, 1.82) is 0 Å². The van der Waals surface area contributed by atoms with Gasteiger partial charge >= 0.3 is 0 Å². The van der Waals surface area contributed by atoms with Crippen LogP contribution in [0.5, 0.6) is 0 Å². The molecule has 2 saturated heterocycles. The number of ether oxygens (including phenoxy) is 2. The van der Waals surface area contributed by atoms with Gasteiger partial charge < -0.3 is 14.4 Å². The number of piperidine rings is 1. The first-order valence-corrected chi connectivity index (χ1v) is 10.1. The number of hydrazone groups is 1. The molecule has 3 heterocycles. The zero-order valence-corrected chi connectivity index (χ0v) is 16.5. The summed E-state index contributed by atoms with van der Waals surface area (Å²) in [4.78, 5) is 27.7. The second-order valence-electron chi connectivity index (χ2n) is 7.71. The standard InChI is InChI=1S/C21H27N3O4/c1-14-6-7-15(2)18(13-14)24-19(25)9-8-16(22-24)20(26)23-10-4-3-5-17(23)21-27-11-12-28-21/h6-7,13,17,21H,3-5,8-12H2,1-2H3. The fraction of sp³-hybridized carbons (Fsp3) is 0.571. The first kappa shape index (κ1) is 19.1. The predicted molar refractivity (Wildman–Crippen MR) is 105 cm³/mol. The summed E-state index contributed by atoms with van der Waals surface area (Å²) in [5.74, 6) is -0.186. The molecule has 0 aliphatic carbocycles. The maximum atomic E-state index is 13.3. The van der Waals surface area contributed by atoms with E-state index in [2.05, 4.69) is 5.10 Å². The Morgan fingerprint density at radius 3 is 2.71 bits per heavy atom. The Labute approximate surface area is 165 Å². The molecular weight excluding hydrogens is 358 g/mol. The normalized spacial score (nSPS) is 23.9. The predicted octanol–water partition coefficient (Wildman–Crippen LogP) is 2.54. The minimum absolute atomic E-state index is 0.0806. The molecule has 2 amide bonds. The minimum atomic E-state index is -0.356. The Bertz CT molecular complexity index is 801. The number of rotatable bonds is 3. The highest BCUT2D eigenvalue weighted by atomic mass is 16.7. The molecule has 7 heteroatoms. The number of amides is 2. The Hall–Kier alpha value is -2.25.